The van der Waals surface area contributed by atoms with Gasteiger partial charge in [0.15, 0.2) is 0 Å². The van der Waals surface area contributed by atoms with Crippen LogP contribution in [0.1, 0.15) is 54.5 Å². The van der Waals surface area contributed by atoms with Crippen LogP contribution in [0.25, 0.3) is 0 Å². The highest BCUT2D eigenvalue weighted by molar-refractivity contribution is 7.79. The van der Waals surface area contributed by atoms with E-state index in [1.807, 2.05) is 0 Å². The second kappa shape index (κ2) is 10.8. The summed E-state index contributed by atoms with van der Waals surface area (Å²) >= 11 is 0. The molecule has 1 aliphatic heterocycles. The maximum atomic E-state index is 3.10. The lowest BCUT2D eigenvalue weighted by Gasteiger charge is -2.49. The van der Waals surface area contributed by atoms with E-state index in [0.29, 0.717) is 17.4 Å². The van der Waals surface area contributed by atoms with Gasteiger partial charge < -0.3 is 0 Å². The Morgan fingerprint density at radius 1 is 0.514 bits per heavy atom. The van der Waals surface area contributed by atoms with Crippen LogP contribution in [-0.4, -0.2) is 10.5 Å². The first-order valence-corrected chi connectivity index (χ1v) is 15.7. The third-order valence-corrected chi connectivity index (χ3v) is 14.2. The van der Waals surface area contributed by atoms with Crippen molar-refractivity contribution in [2.24, 2.45) is 0 Å². The van der Waals surface area contributed by atoms with Gasteiger partial charge >= 0.3 is 0 Å². The van der Waals surface area contributed by atoms with E-state index in [1.165, 1.54) is 53.8 Å². The van der Waals surface area contributed by atoms with Crippen LogP contribution in [0.15, 0.2) is 121 Å². The second-order valence-electron chi connectivity index (χ2n) is 9.70. The van der Waals surface area contributed by atoms with E-state index in [0.717, 1.165) is 0 Å². The fourth-order valence-electron chi connectivity index (χ4n) is 5.67. The van der Waals surface area contributed by atoms with Gasteiger partial charge in [0.2, 0.25) is 0 Å². The highest BCUT2D eigenvalue weighted by atomic mass is 31.2. The molecule has 2 atom stereocenters. The summed E-state index contributed by atoms with van der Waals surface area (Å²) in [5, 5.41) is 2.99. The predicted molar refractivity (Wildman–Crippen MR) is 153 cm³/mol. The molecule has 0 radical (unpaired) electrons. The predicted octanol–water partition coefficient (Wildman–Crippen LogP) is 8.56. The van der Waals surface area contributed by atoms with Crippen LogP contribution in [0.2, 0.25) is 0 Å². The Bertz CT molecular complexity index is 1110. The summed E-state index contributed by atoms with van der Waals surface area (Å²) in [6, 6.07) is 46.3. The molecule has 0 N–H and O–H groups in total. The molecule has 0 spiro atoms. The molecule has 2 aliphatic rings. The molecule has 1 heterocycles. The zero-order valence-electron chi connectivity index (χ0n) is 20.2. The number of rotatable bonds is 7. The molecule has 0 unspecified atom stereocenters. The van der Waals surface area contributed by atoms with Crippen LogP contribution in [0, 0.1) is 0 Å². The molecule has 0 bridgehead atoms. The van der Waals surface area contributed by atoms with Crippen molar-refractivity contribution >= 4 is 26.8 Å². The summed E-state index contributed by atoms with van der Waals surface area (Å²) in [7, 11) is -0.998. The SMILES string of the molecule is c1ccc([C@H]2CC[C@H](c3ccccc3)P2N(C2CCC2)P(c2ccccc2)c2ccccc2)cc1. The smallest absolute Gasteiger partial charge is 0.0321 e. The first-order valence-electron chi connectivity index (χ1n) is 13.0. The molecule has 4 aromatic carbocycles. The summed E-state index contributed by atoms with van der Waals surface area (Å²) in [5.41, 5.74) is 4.32. The van der Waals surface area contributed by atoms with Gasteiger partial charge in [0.25, 0.3) is 0 Å². The van der Waals surface area contributed by atoms with Crippen molar-refractivity contribution < 1.29 is 0 Å². The highest BCUT2D eigenvalue weighted by Crippen LogP contribution is 2.77. The molecule has 1 saturated heterocycles. The lowest BCUT2D eigenvalue weighted by Crippen LogP contribution is -2.38. The third kappa shape index (κ3) is 4.75. The van der Waals surface area contributed by atoms with E-state index in [1.54, 1.807) is 0 Å². The minimum atomic E-state index is -0.591. The normalized spacial score (nSPS) is 20.9. The van der Waals surface area contributed by atoms with Crippen molar-refractivity contribution in [3.63, 3.8) is 0 Å². The maximum Gasteiger partial charge on any atom is 0.0321 e. The van der Waals surface area contributed by atoms with Crippen LogP contribution in [0.5, 0.6) is 0 Å². The van der Waals surface area contributed by atoms with E-state index in [4.69, 9.17) is 0 Å². The van der Waals surface area contributed by atoms with Crippen LogP contribution >= 0.6 is 16.1 Å². The molecule has 4 aromatic rings. The minimum Gasteiger partial charge on any atom is -0.248 e. The van der Waals surface area contributed by atoms with E-state index in [9.17, 15) is 0 Å². The largest absolute Gasteiger partial charge is 0.248 e. The average Bonchev–Trinajstić information content (AvgIpc) is 3.34. The summed E-state index contributed by atoms with van der Waals surface area (Å²) < 4.78 is 3.10. The Kier molecular flexibility index (Phi) is 7.11. The summed E-state index contributed by atoms with van der Waals surface area (Å²) in [6.07, 6.45) is 6.60. The average molecular weight is 494 g/mol. The molecule has 2 fully saturated rings. The fraction of sp³-hybridized carbons (Fsp3) is 0.250. The summed E-state index contributed by atoms with van der Waals surface area (Å²) in [5.74, 6) is 0. The van der Waals surface area contributed by atoms with Crippen LogP contribution in [0.3, 0.4) is 0 Å². The van der Waals surface area contributed by atoms with Crippen LogP contribution < -0.4 is 10.6 Å². The van der Waals surface area contributed by atoms with Crippen molar-refractivity contribution in [3.05, 3.63) is 132 Å². The quantitative estimate of drug-likeness (QED) is 0.233. The standard InChI is InChI=1S/C32H33NP2/c1-5-14-26(15-6-1)31-24-25-32(27-16-7-2-8-17-27)35(31)33(28-18-13-19-28)34(29-20-9-3-10-21-29)30-22-11-4-12-23-30/h1-12,14-17,20-23,28,31-32H,13,18-19,24-25H2/t31-,32-/m1/s1. The van der Waals surface area contributed by atoms with Gasteiger partial charge in [-0.1, -0.05) is 128 Å². The van der Waals surface area contributed by atoms with Gasteiger partial charge in [-0.3, -0.25) is 0 Å². The van der Waals surface area contributed by atoms with Gasteiger partial charge in [-0.05, 0) is 55.5 Å². The monoisotopic (exact) mass is 493 g/mol. The molecular formula is C32H33NP2. The molecule has 1 saturated carbocycles. The molecule has 0 amide bonds. The number of nitrogens with zero attached hydrogens (tertiary/aromatic N) is 1. The van der Waals surface area contributed by atoms with E-state index in [-0.39, 0.29) is 0 Å². The minimum absolute atomic E-state index is 0.406. The molecule has 1 nitrogen and oxygen atoms in total. The first kappa shape index (κ1) is 23.1. The van der Waals surface area contributed by atoms with E-state index in [2.05, 4.69) is 126 Å². The topological polar surface area (TPSA) is 3.24 Å². The maximum absolute atomic E-state index is 3.10. The zero-order valence-corrected chi connectivity index (χ0v) is 21.9. The van der Waals surface area contributed by atoms with Crippen molar-refractivity contribution in [2.75, 3.05) is 0 Å². The van der Waals surface area contributed by atoms with Crippen LogP contribution in [0.4, 0.5) is 0 Å². The van der Waals surface area contributed by atoms with Crippen LogP contribution in [-0.2, 0) is 0 Å². The fourth-order valence-corrected chi connectivity index (χ4v) is 13.5. The Morgan fingerprint density at radius 3 is 1.29 bits per heavy atom. The Hall–Kier alpha value is -2.30. The number of hydrogen-bond acceptors (Lipinski definition) is 1. The van der Waals surface area contributed by atoms with E-state index >= 15 is 0 Å². The molecular weight excluding hydrogens is 460 g/mol. The van der Waals surface area contributed by atoms with Gasteiger partial charge in [-0.15, -0.1) is 0 Å². The molecule has 176 valence electrons. The zero-order chi connectivity index (χ0) is 23.5. The second-order valence-corrected chi connectivity index (χ2v) is 14.5. The highest BCUT2D eigenvalue weighted by Gasteiger charge is 2.47. The Balaban J connectivity index is 1.52. The summed E-state index contributed by atoms with van der Waals surface area (Å²) in [4.78, 5) is 0. The molecule has 0 aromatic heterocycles. The molecule has 35 heavy (non-hydrogen) atoms. The molecule has 3 heteroatoms. The van der Waals surface area contributed by atoms with Crippen molar-refractivity contribution in [1.29, 1.82) is 0 Å². The van der Waals surface area contributed by atoms with Gasteiger partial charge in [0, 0.05) is 25.4 Å². The molecule has 6 rings (SSSR count). The van der Waals surface area contributed by atoms with Gasteiger partial charge in [0.1, 0.15) is 0 Å². The van der Waals surface area contributed by atoms with Crippen molar-refractivity contribution in [2.45, 2.75) is 49.5 Å². The Labute approximate surface area is 212 Å². The summed E-state index contributed by atoms with van der Waals surface area (Å²) in [6.45, 7) is 0. The first-order chi connectivity index (χ1) is 17.4. The van der Waals surface area contributed by atoms with Gasteiger partial charge in [-0.2, -0.15) is 0 Å². The number of benzene rings is 4. The van der Waals surface area contributed by atoms with Gasteiger partial charge in [-0.25, -0.2) is 4.44 Å². The van der Waals surface area contributed by atoms with E-state index < -0.39 is 16.1 Å². The lowest BCUT2D eigenvalue weighted by molar-refractivity contribution is 0.314. The van der Waals surface area contributed by atoms with Crippen molar-refractivity contribution in [1.82, 2.24) is 4.44 Å². The molecule has 1 aliphatic carbocycles. The third-order valence-electron chi connectivity index (χ3n) is 7.57. The van der Waals surface area contributed by atoms with Crippen molar-refractivity contribution in [3.8, 4) is 0 Å². The number of hydrogen-bond donors (Lipinski definition) is 0. The lowest BCUT2D eigenvalue weighted by atomic mass is 9.94. The van der Waals surface area contributed by atoms with Gasteiger partial charge in [0.05, 0.1) is 0 Å². The Morgan fingerprint density at radius 2 is 0.914 bits per heavy atom.